The summed E-state index contributed by atoms with van der Waals surface area (Å²) in [5.41, 5.74) is -1.04. The average Bonchev–Trinajstić information content (AvgIpc) is 2.55. The van der Waals surface area contributed by atoms with Gasteiger partial charge in [-0.25, -0.2) is 18.2 Å². The monoisotopic (exact) mass is 444 g/mol. The standard InChI is InChI=1S/C14H10BrClN4O4S/c1-20-12-9(13(21)18-14(20)22)5-8(6-17-12)25(23,24)19-11-4-7(16)2-3-10(11)15/h2-6,19H,1H3,(H,18,21,22). The van der Waals surface area contributed by atoms with Crippen LogP contribution in [0.2, 0.25) is 5.02 Å². The molecule has 0 saturated carbocycles. The molecule has 0 amide bonds. The van der Waals surface area contributed by atoms with Crippen molar-refractivity contribution < 1.29 is 8.42 Å². The fourth-order valence-corrected chi connectivity index (χ4v) is 3.83. The topological polar surface area (TPSA) is 114 Å². The van der Waals surface area contributed by atoms with Gasteiger partial charge in [0.2, 0.25) is 0 Å². The first-order valence-corrected chi connectivity index (χ1v) is 9.41. The van der Waals surface area contributed by atoms with Gasteiger partial charge in [0.1, 0.15) is 10.5 Å². The number of anilines is 1. The number of pyridine rings is 1. The number of hydrogen-bond acceptors (Lipinski definition) is 5. The second-order valence-corrected chi connectivity index (χ2v) is 8.06. The fourth-order valence-electron chi connectivity index (χ4n) is 2.14. The van der Waals surface area contributed by atoms with Crippen LogP contribution < -0.4 is 16.0 Å². The molecular weight excluding hydrogens is 436 g/mol. The van der Waals surface area contributed by atoms with E-state index in [9.17, 15) is 18.0 Å². The highest BCUT2D eigenvalue weighted by molar-refractivity contribution is 9.10. The summed E-state index contributed by atoms with van der Waals surface area (Å²) in [5.74, 6) is 0. The van der Waals surface area contributed by atoms with Crippen molar-refractivity contribution in [2.75, 3.05) is 4.72 Å². The fraction of sp³-hybridized carbons (Fsp3) is 0.0714. The number of fused-ring (bicyclic) bond motifs is 1. The Hall–Kier alpha value is -2.17. The van der Waals surface area contributed by atoms with Gasteiger partial charge in [-0.1, -0.05) is 11.6 Å². The number of H-pyrrole nitrogens is 1. The number of aromatic amines is 1. The summed E-state index contributed by atoms with van der Waals surface area (Å²) in [6, 6.07) is 5.79. The Morgan fingerprint density at radius 1 is 1.28 bits per heavy atom. The summed E-state index contributed by atoms with van der Waals surface area (Å²) in [5, 5.41) is 0.333. The lowest BCUT2D eigenvalue weighted by Gasteiger charge is -2.11. The molecule has 0 saturated heterocycles. The molecule has 0 spiro atoms. The van der Waals surface area contributed by atoms with E-state index in [4.69, 9.17) is 11.6 Å². The van der Waals surface area contributed by atoms with E-state index in [-0.39, 0.29) is 21.6 Å². The van der Waals surface area contributed by atoms with E-state index < -0.39 is 21.3 Å². The van der Waals surface area contributed by atoms with Crippen LogP contribution in [0.4, 0.5) is 5.69 Å². The van der Waals surface area contributed by atoms with Crippen LogP contribution in [-0.4, -0.2) is 23.0 Å². The normalized spacial score (nSPS) is 11.6. The molecular formula is C14H10BrClN4O4S. The van der Waals surface area contributed by atoms with Gasteiger partial charge >= 0.3 is 5.69 Å². The van der Waals surface area contributed by atoms with Crippen molar-refractivity contribution in [3.05, 3.63) is 60.8 Å². The molecule has 130 valence electrons. The molecule has 11 heteroatoms. The van der Waals surface area contributed by atoms with Crippen molar-refractivity contribution in [3.8, 4) is 0 Å². The van der Waals surface area contributed by atoms with Gasteiger partial charge in [-0.2, -0.15) is 0 Å². The summed E-state index contributed by atoms with van der Waals surface area (Å²) in [6.45, 7) is 0. The molecule has 2 N–H and O–H groups in total. The first kappa shape index (κ1) is 17.6. The molecule has 0 fully saturated rings. The van der Waals surface area contributed by atoms with Gasteiger partial charge < -0.3 is 0 Å². The van der Waals surface area contributed by atoms with Crippen molar-refractivity contribution in [1.82, 2.24) is 14.5 Å². The lowest BCUT2D eigenvalue weighted by Crippen LogP contribution is -2.29. The quantitative estimate of drug-likeness (QED) is 0.638. The minimum atomic E-state index is -4.03. The summed E-state index contributed by atoms with van der Waals surface area (Å²) in [4.78, 5) is 29.3. The number of nitrogens with one attached hydrogen (secondary N) is 2. The molecule has 2 heterocycles. The lowest BCUT2D eigenvalue weighted by atomic mass is 10.3. The Labute approximate surface area is 154 Å². The number of hydrogen-bond donors (Lipinski definition) is 2. The highest BCUT2D eigenvalue weighted by Crippen LogP contribution is 2.28. The maximum absolute atomic E-state index is 12.6. The Morgan fingerprint density at radius 2 is 2.00 bits per heavy atom. The molecule has 0 aliphatic rings. The van der Waals surface area contributed by atoms with Crippen LogP contribution in [0.15, 0.2) is 49.4 Å². The van der Waals surface area contributed by atoms with Crippen molar-refractivity contribution in [2.24, 2.45) is 7.05 Å². The summed E-state index contributed by atoms with van der Waals surface area (Å²) in [6.07, 6.45) is 1.07. The van der Waals surface area contributed by atoms with E-state index in [0.717, 1.165) is 16.8 Å². The maximum Gasteiger partial charge on any atom is 0.329 e. The van der Waals surface area contributed by atoms with Crippen LogP contribution in [0.25, 0.3) is 11.0 Å². The lowest BCUT2D eigenvalue weighted by molar-refractivity contribution is 0.601. The highest BCUT2D eigenvalue weighted by Gasteiger charge is 2.19. The second-order valence-electron chi connectivity index (χ2n) is 5.09. The van der Waals surface area contributed by atoms with Gasteiger partial charge in [-0.3, -0.25) is 19.1 Å². The molecule has 0 aliphatic carbocycles. The molecule has 0 radical (unpaired) electrons. The predicted molar refractivity (Wildman–Crippen MR) is 97.6 cm³/mol. The van der Waals surface area contributed by atoms with E-state index >= 15 is 0 Å². The number of aryl methyl sites for hydroxylation is 1. The maximum atomic E-state index is 12.6. The van der Waals surface area contributed by atoms with Crippen LogP contribution in [0.1, 0.15) is 0 Å². The minimum Gasteiger partial charge on any atom is -0.281 e. The van der Waals surface area contributed by atoms with Crippen molar-refractivity contribution >= 4 is 54.3 Å². The first-order chi connectivity index (χ1) is 11.7. The third kappa shape index (κ3) is 3.32. The number of halogens is 2. The summed E-state index contributed by atoms with van der Waals surface area (Å²) in [7, 11) is -2.61. The van der Waals surface area contributed by atoms with E-state index in [1.165, 1.54) is 13.1 Å². The van der Waals surface area contributed by atoms with Crippen LogP contribution in [0.3, 0.4) is 0 Å². The number of aromatic nitrogens is 3. The van der Waals surface area contributed by atoms with Crippen LogP contribution in [0.5, 0.6) is 0 Å². The zero-order valence-electron chi connectivity index (χ0n) is 12.6. The van der Waals surface area contributed by atoms with Gasteiger partial charge in [-0.05, 0) is 40.2 Å². The number of rotatable bonds is 3. The Morgan fingerprint density at radius 3 is 2.72 bits per heavy atom. The zero-order valence-corrected chi connectivity index (χ0v) is 15.7. The molecule has 3 aromatic rings. The molecule has 0 atom stereocenters. The predicted octanol–water partition coefficient (Wildman–Crippen LogP) is 1.84. The molecule has 2 aromatic heterocycles. The van der Waals surface area contributed by atoms with Crippen molar-refractivity contribution in [3.63, 3.8) is 0 Å². The Kier molecular flexibility index (Phi) is 4.43. The average molecular weight is 446 g/mol. The largest absolute Gasteiger partial charge is 0.329 e. The minimum absolute atomic E-state index is 0.0184. The van der Waals surface area contributed by atoms with E-state index in [2.05, 4.69) is 30.6 Å². The van der Waals surface area contributed by atoms with Gasteiger partial charge in [0, 0.05) is 22.7 Å². The van der Waals surface area contributed by atoms with Gasteiger partial charge in [0.25, 0.3) is 15.6 Å². The molecule has 8 nitrogen and oxygen atoms in total. The smallest absolute Gasteiger partial charge is 0.281 e. The number of nitrogens with zero attached hydrogens (tertiary/aromatic N) is 2. The van der Waals surface area contributed by atoms with Crippen molar-refractivity contribution in [1.29, 1.82) is 0 Å². The van der Waals surface area contributed by atoms with Gasteiger partial charge in [0.15, 0.2) is 0 Å². The first-order valence-electron chi connectivity index (χ1n) is 6.76. The van der Waals surface area contributed by atoms with Crippen LogP contribution in [-0.2, 0) is 17.1 Å². The molecule has 0 bridgehead atoms. The number of sulfonamides is 1. The molecule has 25 heavy (non-hydrogen) atoms. The van der Waals surface area contributed by atoms with Crippen LogP contribution in [0, 0.1) is 0 Å². The summed E-state index contributed by atoms with van der Waals surface area (Å²) >= 11 is 9.11. The Bertz CT molecular complexity index is 1220. The molecule has 1 aromatic carbocycles. The Balaban J connectivity index is 2.13. The SMILES string of the molecule is Cn1c(=O)[nH]c(=O)c2cc(S(=O)(=O)Nc3cc(Cl)ccc3Br)cnc21. The van der Waals surface area contributed by atoms with E-state index in [1.807, 2.05) is 0 Å². The van der Waals surface area contributed by atoms with E-state index in [0.29, 0.717) is 9.50 Å². The third-order valence-electron chi connectivity index (χ3n) is 3.41. The third-order valence-corrected chi connectivity index (χ3v) is 5.67. The van der Waals surface area contributed by atoms with Crippen molar-refractivity contribution in [2.45, 2.75) is 4.90 Å². The van der Waals surface area contributed by atoms with Gasteiger partial charge in [0.05, 0.1) is 11.1 Å². The number of benzene rings is 1. The molecule has 0 unspecified atom stereocenters. The second kappa shape index (κ2) is 6.28. The van der Waals surface area contributed by atoms with E-state index in [1.54, 1.807) is 12.1 Å². The van der Waals surface area contributed by atoms with Crippen LogP contribution >= 0.6 is 27.5 Å². The zero-order chi connectivity index (χ0) is 18.4. The summed E-state index contributed by atoms with van der Waals surface area (Å²) < 4.78 is 29.1. The molecule has 3 rings (SSSR count). The molecule has 0 aliphatic heterocycles. The highest BCUT2D eigenvalue weighted by atomic mass is 79.9. The van der Waals surface area contributed by atoms with Gasteiger partial charge in [-0.15, -0.1) is 0 Å².